The van der Waals surface area contributed by atoms with Gasteiger partial charge in [0.1, 0.15) is 18.0 Å². The van der Waals surface area contributed by atoms with Crippen LogP contribution in [0, 0.1) is 5.92 Å². The van der Waals surface area contributed by atoms with Crippen LogP contribution in [0.5, 0.6) is 5.75 Å². The molecule has 2 fully saturated rings. The van der Waals surface area contributed by atoms with Crippen LogP contribution in [-0.2, 0) is 6.42 Å². The van der Waals surface area contributed by atoms with Gasteiger partial charge in [0.15, 0.2) is 0 Å². The van der Waals surface area contributed by atoms with Gasteiger partial charge in [-0.1, -0.05) is 12.1 Å². The van der Waals surface area contributed by atoms with Crippen LogP contribution in [0.1, 0.15) is 41.7 Å². The highest BCUT2D eigenvalue weighted by molar-refractivity contribution is 5.97. The minimum absolute atomic E-state index is 0.0303. The molecule has 1 N–H and O–H groups in total. The number of piperidine rings is 1. The van der Waals surface area contributed by atoms with Crippen LogP contribution in [0.3, 0.4) is 0 Å². The maximum atomic E-state index is 13.4. The van der Waals surface area contributed by atoms with E-state index in [2.05, 4.69) is 27.0 Å². The van der Waals surface area contributed by atoms with Crippen molar-refractivity contribution >= 4 is 16.9 Å². The van der Waals surface area contributed by atoms with Gasteiger partial charge in [-0.15, -0.1) is 0 Å². The van der Waals surface area contributed by atoms with Crippen LogP contribution in [0.4, 0.5) is 13.2 Å². The summed E-state index contributed by atoms with van der Waals surface area (Å²) in [6.07, 6.45) is 1.87. The number of likely N-dealkylation sites (tertiary alicyclic amines) is 1. The first-order valence-electron chi connectivity index (χ1n) is 12.4. The van der Waals surface area contributed by atoms with E-state index in [0.717, 1.165) is 55.8 Å². The summed E-state index contributed by atoms with van der Waals surface area (Å²) in [5, 5.41) is 0. The summed E-state index contributed by atoms with van der Waals surface area (Å²) in [6.45, 7) is 0.504. The molecule has 2 aromatic heterocycles. The molecule has 0 bridgehead atoms. The molecule has 1 saturated carbocycles. The molecule has 6 nitrogen and oxygen atoms in total. The molecule has 0 spiro atoms. The van der Waals surface area contributed by atoms with Gasteiger partial charge in [0.25, 0.3) is 5.91 Å². The lowest BCUT2D eigenvalue weighted by Gasteiger charge is -2.39. The van der Waals surface area contributed by atoms with E-state index in [1.165, 1.54) is 11.6 Å². The van der Waals surface area contributed by atoms with Crippen molar-refractivity contribution in [2.45, 2.75) is 43.8 Å². The van der Waals surface area contributed by atoms with Gasteiger partial charge in [-0.3, -0.25) is 14.7 Å². The zero-order chi connectivity index (χ0) is 25.3. The Bertz CT molecular complexity index is 1180. The number of H-pyrrole nitrogens is 1. The second kappa shape index (κ2) is 9.76. The van der Waals surface area contributed by atoms with E-state index < -0.39 is 18.6 Å². The van der Waals surface area contributed by atoms with Crippen LogP contribution in [0.15, 0.2) is 48.7 Å². The standard InChI is InChI=1S/C27H31F3N4O2/c1-36-21-5-2-4-20(14-21)16-26(9-10-26)34-12-7-19(8-13-34)17-33(18-27(28,29)30)25(35)24-15-23-22(32-24)6-3-11-31-23/h2-6,11,14-15,19,32H,7-10,12-13,16-18H2,1H3. The zero-order valence-electron chi connectivity index (χ0n) is 20.4. The second-order valence-electron chi connectivity index (χ2n) is 10.1. The fourth-order valence-electron chi connectivity index (χ4n) is 5.49. The van der Waals surface area contributed by atoms with Crippen molar-refractivity contribution in [2.24, 2.45) is 5.92 Å². The molecule has 2 aliphatic rings. The summed E-state index contributed by atoms with van der Waals surface area (Å²) >= 11 is 0. The number of hydrogen-bond acceptors (Lipinski definition) is 4. The lowest BCUT2D eigenvalue weighted by atomic mass is 9.92. The fourth-order valence-corrected chi connectivity index (χ4v) is 5.49. The summed E-state index contributed by atoms with van der Waals surface area (Å²) in [6, 6.07) is 13.1. The number of rotatable bonds is 8. The topological polar surface area (TPSA) is 61.5 Å². The Kier molecular flexibility index (Phi) is 6.68. The molecule has 192 valence electrons. The third kappa shape index (κ3) is 5.51. The summed E-state index contributed by atoms with van der Waals surface area (Å²) in [5.41, 5.74) is 2.71. The SMILES string of the molecule is COc1cccc(CC2(N3CCC(CN(CC(F)(F)F)C(=O)c4cc5ncccc5[nH]4)CC3)CC2)c1. The molecule has 1 aliphatic heterocycles. The first-order valence-corrected chi connectivity index (χ1v) is 12.4. The highest BCUT2D eigenvalue weighted by Gasteiger charge is 2.48. The number of alkyl halides is 3. The first-order chi connectivity index (χ1) is 17.2. The number of hydrogen-bond donors (Lipinski definition) is 1. The van der Waals surface area contributed by atoms with Crippen molar-refractivity contribution < 1.29 is 22.7 Å². The number of pyridine rings is 1. The minimum atomic E-state index is -4.46. The van der Waals surface area contributed by atoms with Crippen LogP contribution < -0.4 is 4.74 Å². The average Bonchev–Trinajstić information content (AvgIpc) is 3.50. The molecule has 3 heterocycles. The molecule has 1 aromatic carbocycles. The quantitative estimate of drug-likeness (QED) is 0.470. The van der Waals surface area contributed by atoms with Crippen LogP contribution in [0.2, 0.25) is 0 Å². The fraction of sp³-hybridized carbons (Fsp3) is 0.481. The number of aromatic amines is 1. The molecular weight excluding hydrogens is 469 g/mol. The molecule has 9 heteroatoms. The van der Waals surface area contributed by atoms with Gasteiger partial charge in [0.05, 0.1) is 18.1 Å². The third-order valence-electron chi connectivity index (χ3n) is 7.54. The minimum Gasteiger partial charge on any atom is -0.497 e. The van der Waals surface area contributed by atoms with Gasteiger partial charge in [0.2, 0.25) is 0 Å². The maximum absolute atomic E-state index is 13.4. The third-order valence-corrected chi connectivity index (χ3v) is 7.54. The second-order valence-corrected chi connectivity index (χ2v) is 10.1. The molecule has 5 rings (SSSR count). The number of amides is 1. The summed E-state index contributed by atoms with van der Waals surface area (Å²) < 4.78 is 45.5. The number of carbonyl (C=O) groups is 1. The number of nitrogens with zero attached hydrogens (tertiary/aromatic N) is 3. The normalized spacial score (nSPS) is 18.3. The van der Waals surface area contributed by atoms with Gasteiger partial charge in [0, 0.05) is 18.3 Å². The molecule has 1 amide bonds. The maximum Gasteiger partial charge on any atom is 0.406 e. The number of aromatic nitrogens is 2. The lowest BCUT2D eigenvalue weighted by Crippen LogP contribution is -2.48. The van der Waals surface area contributed by atoms with E-state index in [-0.39, 0.29) is 23.7 Å². The van der Waals surface area contributed by atoms with Gasteiger partial charge >= 0.3 is 6.18 Å². The number of benzene rings is 1. The van der Waals surface area contributed by atoms with Gasteiger partial charge < -0.3 is 14.6 Å². The Labute approximate surface area is 208 Å². The van der Waals surface area contributed by atoms with E-state index in [1.54, 1.807) is 25.4 Å². The molecule has 3 aromatic rings. The molecule has 1 aliphatic carbocycles. The molecule has 0 atom stereocenters. The van der Waals surface area contributed by atoms with Crippen LogP contribution in [-0.4, -0.2) is 70.7 Å². The van der Waals surface area contributed by atoms with Crippen molar-refractivity contribution in [1.29, 1.82) is 0 Å². The largest absolute Gasteiger partial charge is 0.497 e. The monoisotopic (exact) mass is 500 g/mol. The molecule has 1 saturated heterocycles. The van der Waals surface area contributed by atoms with E-state index in [4.69, 9.17) is 4.74 Å². The predicted octanol–water partition coefficient (Wildman–Crippen LogP) is 5.06. The smallest absolute Gasteiger partial charge is 0.406 e. The van der Waals surface area contributed by atoms with E-state index in [9.17, 15) is 18.0 Å². The number of carbonyl (C=O) groups excluding carboxylic acids is 1. The van der Waals surface area contributed by atoms with Crippen molar-refractivity contribution in [3.05, 3.63) is 59.9 Å². The molecule has 0 radical (unpaired) electrons. The van der Waals surface area contributed by atoms with E-state index in [0.29, 0.717) is 11.0 Å². The van der Waals surface area contributed by atoms with E-state index >= 15 is 0 Å². The molecule has 36 heavy (non-hydrogen) atoms. The van der Waals surface area contributed by atoms with E-state index in [1.807, 2.05) is 12.1 Å². The number of ether oxygens (including phenoxy) is 1. The van der Waals surface area contributed by atoms with Crippen LogP contribution in [0.25, 0.3) is 11.0 Å². The summed E-state index contributed by atoms with van der Waals surface area (Å²) in [4.78, 5) is 23.7. The van der Waals surface area contributed by atoms with Crippen LogP contribution >= 0.6 is 0 Å². The summed E-state index contributed by atoms with van der Waals surface area (Å²) in [5.74, 6) is 0.245. The number of methoxy groups -OCH3 is 1. The summed E-state index contributed by atoms with van der Waals surface area (Å²) in [7, 11) is 1.67. The molecular formula is C27H31F3N4O2. The van der Waals surface area contributed by atoms with Crippen molar-refractivity contribution in [3.8, 4) is 5.75 Å². The highest BCUT2D eigenvalue weighted by Crippen LogP contribution is 2.46. The predicted molar refractivity (Wildman–Crippen MR) is 131 cm³/mol. The van der Waals surface area contributed by atoms with Gasteiger partial charge in [-0.2, -0.15) is 13.2 Å². The Hall–Kier alpha value is -3.07. The number of fused-ring (bicyclic) bond motifs is 1. The highest BCUT2D eigenvalue weighted by atomic mass is 19.4. The van der Waals surface area contributed by atoms with Crippen molar-refractivity contribution in [1.82, 2.24) is 19.8 Å². The average molecular weight is 501 g/mol. The molecule has 0 unspecified atom stereocenters. The van der Waals surface area contributed by atoms with Gasteiger partial charge in [-0.25, -0.2) is 0 Å². The Balaban J connectivity index is 1.23. The Morgan fingerprint density at radius 3 is 2.64 bits per heavy atom. The lowest BCUT2D eigenvalue weighted by molar-refractivity contribution is -0.142. The number of halogens is 3. The number of nitrogens with one attached hydrogen (secondary N) is 1. The zero-order valence-corrected chi connectivity index (χ0v) is 20.4. The van der Waals surface area contributed by atoms with Crippen molar-refractivity contribution in [3.63, 3.8) is 0 Å². The first kappa shape index (κ1) is 24.6. The Morgan fingerprint density at radius 1 is 1.19 bits per heavy atom. The van der Waals surface area contributed by atoms with Gasteiger partial charge in [-0.05, 0) is 87.0 Å². The van der Waals surface area contributed by atoms with Crippen molar-refractivity contribution in [2.75, 3.05) is 33.3 Å². The Morgan fingerprint density at radius 2 is 1.97 bits per heavy atom.